The van der Waals surface area contributed by atoms with E-state index in [2.05, 4.69) is 25.7 Å². The van der Waals surface area contributed by atoms with E-state index in [1.165, 1.54) is 0 Å². The van der Waals surface area contributed by atoms with Gasteiger partial charge in [-0.2, -0.15) is 0 Å². The van der Waals surface area contributed by atoms with Gasteiger partial charge in [0.15, 0.2) is 0 Å². The Labute approximate surface area is 114 Å². The molecule has 1 aromatic carbocycles. The highest BCUT2D eigenvalue weighted by atomic mass is 16.5. The fourth-order valence-electron chi connectivity index (χ4n) is 2.01. The second-order valence-corrected chi connectivity index (χ2v) is 5.83. The molecule has 4 heteroatoms. The van der Waals surface area contributed by atoms with Gasteiger partial charge in [-0.05, 0) is 45.0 Å². The minimum atomic E-state index is -0.263. The van der Waals surface area contributed by atoms with Gasteiger partial charge < -0.3 is 9.47 Å². The van der Waals surface area contributed by atoms with Gasteiger partial charge in [0.1, 0.15) is 11.9 Å². The number of esters is 1. The minimum Gasteiger partial charge on any atom is -0.497 e. The molecule has 19 heavy (non-hydrogen) atoms. The first-order valence-electron chi connectivity index (χ1n) is 6.50. The number of carbonyl (C=O) groups is 1. The van der Waals surface area contributed by atoms with Crippen molar-refractivity contribution in [3.63, 3.8) is 0 Å². The van der Waals surface area contributed by atoms with Crippen LogP contribution in [0.5, 0.6) is 5.75 Å². The topological polar surface area (TPSA) is 38.8 Å². The molecule has 0 aromatic heterocycles. The van der Waals surface area contributed by atoms with Crippen molar-refractivity contribution in [2.24, 2.45) is 0 Å². The summed E-state index contributed by atoms with van der Waals surface area (Å²) in [6, 6.07) is 6.97. The lowest BCUT2D eigenvalue weighted by Crippen LogP contribution is -2.60. The first-order chi connectivity index (χ1) is 8.90. The average molecular weight is 263 g/mol. The van der Waals surface area contributed by atoms with Gasteiger partial charge in [0.25, 0.3) is 0 Å². The standard InChI is InChI=1S/C15H21NO3/c1-15(2,3)16-9-13(10-16)19-14(17)11-5-7-12(18-4)8-6-11/h5-8,13H,9-10H2,1-4H3. The lowest BCUT2D eigenvalue weighted by molar-refractivity contribution is -0.0645. The molecular weight excluding hydrogens is 242 g/mol. The van der Waals surface area contributed by atoms with Crippen molar-refractivity contribution < 1.29 is 14.3 Å². The van der Waals surface area contributed by atoms with Crippen LogP contribution in [0.2, 0.25) is 0 Å². The smallest absolute Gasteiger partial charge is 0.338 e. The predicted molar refractivity (Wildman–Crippen MR) is 73.5 cm³/mol. The van der Waals surface area contributed by atoms with Crippen molar-refractivity contribution in [3.8, 4) is 5.75 Å². The minimum absolute atomic E-state index is 0.00817. The van der Waals surface area contributed by atoms with Gasteiger partial charge in [-0.15, -0.1) is 0 Å². The Balaban J connectivity index is 1.85. The quantitative estimate of drug-likeness (QED) is 0.785. The molecule has 0 bridgehead atoms. The Morgan fingerprint density at radius 2 is 1.79 bits per heavy atom. The lowest BCUT2D eigenvalue weighted by atomic mass is 9.99. The van der Waals surface area contributed by atoms with E-state index in [0.29, 0.717) is 5.56 Å². The molecule has 1 fully saturated rings. The van der Waals surface area contributed by atoms with Crippen molar-refractivity contribution in [2.45, 2.75) is 32.4 Å². The molecule has 1 saturated heterocycles. The van der Waals surface area contributed by atoms with Crippen LogP contribution in [0, 0.1) is 0 Å². The zero-order valence-electron chi connectivity index (χ0n) is 12.0. The molecule has 1 aliphatic heterocycles. The van der Waals surface area contributed by atoms with Crippen LogP contribution in [0.3, 0.4) is 0 Å². The molecule has 1 aliphatic rings. The first-order valence-corrected chi connectivity index (χ1v) is 6.50. The maximum Gasteiger partial charge on any atom is 0.338 e. The summed E-state index contributed by atoms with van der Waals surface area (Å²) >= 11 is 0. The normalized spacial score (nSPS) is 16.8. The maximum absolute atomic E-state index is 11.9. The second-order valence-electron chi connectivity index (χ2n) is 5.83. The molecule has 0 saturated carbocycles. The van der Waals surface area contributed by atoms with Crippen molar-refractivity contribution in [3.05, 3.63) is 29.8 Å². The molecule has 104 valence electrons. The summed E-state index contributed by atoms with van der Waals surface area (Å²) in [5.74, 6) is 0.473. The lowest BCUT2D eigenvalue weighted by Gasteiger charge is -2.46. The Bertz CT molecular complexity index is 441. The highest BCUT2D eigenvalue weighted by molar-refractivity contribution is 5.89. The van der Waals surface area contributed by atoms with Crippen molar-refractivity contribution in [2.75, 3.05) is 20.2 Å². The van der Waals surface area contributed by atoms with Crippen LogP contribution < -0.4 is 4.74 Å². The summed E-state index contributed by atoms with van der Waals surface area (Å²) in [7, 11) is 1.60. The van der Waals surface area contributed by atoms with E-state index >= 15 is 0 Å². The molecular formula is C15H21NO3. The molecule has 4 nitrogen and oxygen atoms in total. The van der Waals surface area contributed by atoms with E-state index in [4.69, 9.17) is 9.47 Å². The third-order valence-electron chi connectivity index (χ3n) is 3.40. The Kier molecular flexibility index (Phi) is 3.80. The van der Waals surface area contributed by atoms with Crippen LogP contribution in [-0.4, -0.2) is 42.7 Å². The van der Waals surface area contributed by atoms with Gasteiger partial charge in [0, 0.05) is 18.6 Å². The number of hydrogen-bond donors (Lipinski definition) is 0. The van der Waals surface area contributed by atoms with Gasteiger partial charge in [0.05, 0.1) is 12.7 Å². The van der Waals surface area contributed by atoms with Crippen molar-refractivity contribution in [1.29, 1.82) is 0 Å². The van der Waals surface area contributed by atoms with E-state index in [-0.39, 0.29) is 17.6 Å². The number of carbonyl (C=O) groups excluding carboxylic acids is 1. The number of likely N-dealkylation sites (tertiary alicyclic amines) is 1. The maximum atomic E-state index is 11.9. The second kappa shape index (κ2) is 5.21. The number of methoxy groups -OCH3 is 1. The van der Waals surface area contributed by atoms with Gasteiger partial charge >= 0.3 is 5.97 Å². The number of rotatable bonds is 3. The van der Waals surface area contributed by atoms with E-state index in [1.54, 1.807) is 31.4 Å². The van der Waals surface area contributed by atoms with Gasteiger partial charge in [0.2, 0.25) is 0 Å². The number of ether oxygens (including phenoxy) is 2. The third kappa shape index (κ3) is 3.26. The molecule has 1 heterocycles. The summed E-state index contributed by atoms with van der Waals surface area (Å²) < 4.78 is 10.5. The van der Waals surface area contributed by atoms with Crippen LogP contribution in [0.1, 0.15) is 31.1 Å². The van der Waals surface area contributed by atoms with E-state index in [9.17, 15) is 4.79 Å². The number of nitrogens with zero attached hydrogens (tertiary/aromatic N) is 1. The summed E-state index contributed by atoms with van der Waals surface area (Å²) in [4.78, 5) is 14.2. The molecule has 0 radical (unpaired) electrons. The zero-order chi connectivity index (χ0) is 14.0. The van der Waals surface area contributed by atoms with Gasteiger partial charge in [-0.25, -0.2) is 4.79 Å². The first kappa shape index (κ1) is 13.9. The third-order valence-corrected chi connectivity index (χ3v) is 3.40. The average Bonchev–Trinajstić information content (AvgIpc) is 2.31. The highest BCUT2D eigenvalue weighted by Gasteiger charge is 2.36. The predicted octanol–water partition coefficient (Wildman–Crippen LogP) is 2.33. The highest BCUT2D eigenvalue weighted by Crippen LogP contribution is 2.23. The number of hydrogen-bond acceptors (Lipinski definition) is 4. The van der Waals surface area contributed by atoms with Crippen molar-refractivity contribution in [1.82, 2.24) is 4.90 Å². The van der Waals surface area contributed by atoms with Crippen LogP contribution >= 0.6 is 0 Å². The van der Waals surface area contributed by atoms with E-state index < -0.39 is 0 Å². The monoisotopic (exact) mass is 263 g/mol. The Hall–Kier alpha value is -1.55. The number of benzene rings is 1. The molecule has 0 spiro atoms. The zero-order valence-corrected chi connectivity index (χ0v) is 12.0. The van der Waals surface area contributed by atoms with Gasteiger partial charge in [-0.1, -0.05) is 0 Å². The van der Waals surface area contributed by atoms with Crippen LogP contribution in [-0.2, 0) is 4.74 Å². The van der Waals surface area contributed by atoms with Gasteiger partial charge in [-0.3, -0.25) is 4.90 Å². The molecule has 0 unspecified atom stereocenters. The summed E-state index contributed by atoms with van der Waals surface area (Å²) in [6.07, 6.45) is 0.00817. The molecule has 0 amide bonds. The van der Waals surface area contributed by atoms with E-state index in [0.717, 1.165) is 18.8 Å². The van der Waals surface area contributed by atoms with E-state index in [1.807, 2.05) is 0 Å². The Morgan fingerprint density at radius 1 is 1.21 bits per heavy atom. The molecule has 0 atom stereocenters. The van der Waals surface area contributed by atoms with Crippen LogP contribution in [0.4, 0.5) is 0 Å². The largest absolute Gasteiger partial charge is 0.497 e. The van der Waals surface area contributed by atoms with Crippen LogP contribution in [0.25, 0.3) is 0 Å². The summed E-state index contributed by atoms with van der Waals surface area (Å²) in [6.45, 7) is 8.11. The molecule has 0 aliphatic carbocycles. The molecule has 2 rings (SSSR count). The molecule has 0 N–H and O–H groups in total. The summed E-state index contributed by atoms with van der Waals surface area (Å²) in [5.41, 5.74) is 0.707. The fourth-order valence-corrected chi connectivity index (χ4v) is 2.01. The van der Waals surface area contributed by atoms with Crippen molar-refractivity contribution >= 4 is 5.97 Å². The van der Waals surface area contributed by atoms with Crippen LogP contribution in [0.15, 0.2) is 24.3 Å². The summed E-state index contributed by atoms with van der Waals surface area (Å²) in [5, 5.41) is 0. The Morgan fingerprint density at radius 3 is 2.26 bits per heavy atom. The SMILES string of the molecule is COc1ccc(C(=O)OC2CN(C(C)(C)C)C2)cc1. The molecule has 1 aromatic rings. The fraction of sp³-hybridized carbons (Fsp3) is 0.533.